The fourth-order valence-corrected chi connectivity index (χ4v) is 7.01. The Bertz CT molecular complexity index is 1540. The molecular formula is C32H38BrN3O6S. The molecule has 9 nitrogen and oxygen atoms in total. The number of anilines is 1. The maximum absolute atomic E-state index is 14.2. The Labute approximate surface area is 262 Å². The van der Waals surface area contributed by atoms with Crippen LogP contribution in [0.4, 0.5) is 5.69 Å². The number of hydrogen-bond donors (Lipinski definition) is 1. The molecule has 2 amide bonds. The van der Waals surface area contributed by atoms with E-state index in [1.54, 1.807) is 31.2 Å². The number of rotatable bonds is 12. The van der Waals surface area contributed by atoms with Gasteiger partial charge in [0.1, 0.15) is 12.6 Å². The molecule has 1 aliphatic carbocycles. The van der Waals surface area contributed by atoms with E-state index in [4.69, 9.17) is 9.47 Å². The molecule has 0 spiro atoms. The van der Waals surface area contributed by atoms with Crippen LogP contribution in [0.15, 0.2) is 76.1 Å². The van der Waals surface area contributed by atoms with E-state index in [1.807, 2.05) is 31.2 Å². The zero-order valence-corrected chi connectivity index (χ0v) is 27.3. The first-order valence-electron chi connectivity index (χ1n) is 14.2. The Balaban J connectivity index is 1.73. The van der Waals surface area contributed by atoms with E-state index in [2.05, 4.69) is 21.2 Å². The number of aryl methyl sites for hydroxylation is 1. The molecule has 1 atom stereocenters. The molecule has 0 radical (unpaired) electrons. The average molecular weight is 673 g/mol. The van der Waals surface area contributed by atoms with Crippen LogP contribution >= 0.6 is 15.9 Å². The van der Waals surface area contributed by atoms with Gasteiger partial charge in [0.05, 0.1) is 24.8 Å². The number of carbonyl (C=O) groups is 2. The number of amides is 2. The van der Waals surface area contributed by atoms with Gasteiger partial charge in [-0.15, -0.1) is 0 Å². The standard InChI is InChI=1S/C32H38BrN3O6S/c1-22-12-15-28(16-13-22)43(39,40)36(27-14-17-29(41-3)30(19-27)42-4)21-31(37)35(20-24-8-7-9-25(33)18-24)23(2)32(38)34-26-10-5-6-11-26/h7-9,12-19,23,26H,5-6,10-11,20-21H2,1-4H3,(H,34,38)/t23-/m0/s1. The Hall–Kier alpha value is -3.57. The van der Waals surface area contributed by atoms with E-state index in [9.17, 15) is 18.0 Å². The quantitative estimate of drug-likeness (QED) is 0.275. The predicted octanol–water partition coefficient (Wildman–Crippen LogP) is 5.45. The van der Waals surface area contributed by atoms with Crippen LogP contribution in [0.3, 0.4) is 0 Å². The second-order valence-electron chi connectivity index (χ2n) is 10.7. The summed E-state index contributed by atoms with van der Waals surface area (Å²) < 4.78 is 40.8. The van der Waals surface area contributed by atoms with E-state index >= 15 is 0 Å². The molecule has 11 heteroatoms. The smallest absolute Gasteiger partial charge is 0.264 e. The van der Waals surface area contributed by atoms with Crippen LogP contribution in [0.5, 0.6) is 11.5 Å². The molecular weight excluding hydrogens is 634 g/mol. The summed E-state index contributed by atoms with van der Waals surface area (Å²) in [4.78, 5) is 29.0. The van der Waals surface area contributed by atoms with Gasteiger partial charge in [0.15, 0.2) is 11.5 Å². The van der Waals surface area contributed by atoms with E-state index in [1.165, 1.54) is 37.3 Å². The van der Waals surface area contributed by atoms with Gasteiger partial charge in [-0.05, 0) is 68.7 Å². The van der Waals surface area contributed by atoms with E-state index in [-0.39, 0.29) is 29.1 Å². The van der Waals surface area contributed by atoms with Crippen LogP contribution in [0.2, 0.25) is 0 Å². The van der Waals surface area contributed by atoms with Gasteiger partial charge in [-0.3, -0.25) is 13.9 Å². The maximum Gasteiger partial charge on any atom is 0.264 e. The normalized spacial score (nSPS) is 14.2. The number of halogens is 1. The van der Waals surface area contributed by atoms with Gasteiger partial charge in [0.2, 0.25) is 11.8 Å². The lowest BCUT2D eigenvalue weighted by Gasteiger charge is -2.32. The third-order valence-corrected chi connectivity index (χ3v) is 9.94. The Morgan fingerprint density at radius 2 is 1.65 bits per heavy atom. The summed E-state index contributed by atoms with van der Waals surface area (Å²) in [5.74, 6) is -0.0700. The number of methoxy groups -OCH3 is 2. The number of hydrogen-bond acceptors (Lipinski definition) is 6. The molecule has 0 aliphatic heterocycles. The van der Waals surface area contributed by atoms with Gasteiger partial charge in [0, 0.05) is 23.1 Å². The van der Waals surface area contributed by atoms with Crippen molar-refractivity contribution in [2.45, 2.75) is 63.1 Å². The minimum Gasteiger partial charge on any atom is -0.493 e. The molecule has 1 N–H and O–H groups in total. The van der Waals surface area contributed by atoms with Crippen molar-refractivity contribution in [2.24, 2.45) is 0 Å². The molecule has 0 aromatic heterocycles. The highest BCUT2D eigenvalue weighted by Crippen LogP contribution is 2.34. The predicted molar refractivity (Wildman–Crippen MR) is 170 cm³/mol. The van der Waals surface area contributed by atoms with Crippen molar-refractivity contribution in [3.63, 3.8) is 0 Å². The van der Waals surface area contributed by atoms with Gasteiger partial charge in [-0.1, -0.05) is 58.6 Å². The SMILES string of the molecule is COc1ccc(N(CC(=O)N(Cc2cccc(Br)c2)[C@@H](C)C(=O)NC2CCCC2)S(=O)(=O)c2ccc(C)cc2)cc1OC. The number of sulfonamides is 1. The Morgan fingerprint density at radius 3 is 2.28 bits per heavy atom. The van der Waals surface area contributed by atoms with Crippen molar-refractivity contribution in [1.29, 1.82) is 0 Å². The third kappa shape index (κ3) is 7.88. The van der Waals surface area contributed by atoms with E-state index < -0.39 is 28.5 Å². The number of carbonyl (C=O) groups excluding carboxylic acids is 2. The summed E-state index contributed by atoms with van der Waals surface area (Å²) in [6.45, 7) is 3.11. The lowest BCUT2D eigenvalue weighted by atomic mass is 10.1. The lowest BCUT2D eigenvalue weighted by Crippen LogP contribution is -2.52. The fraction of sp³-hybridized carbons (Fsp3) is 0.375. The molecule has 1 saturated carbocycles. The number of ether oxygens (including phenoxy) is 2. The first-order chi connectivity index (χ1) is 20.5. The lowest BCUT2D eigenvalue weighted by molar-refractivity contribution is -0.139. The summed E-state index contributed by atoms with van der Waals surface area (Å²) in [7, 11) is -1.27. The highest BCUT2D eigenvalue weighted by atomic mass is 79.9. The highest BCUT2D eigenvalue weighted by Gasteiger charge is 2.33. The zero-order chi connectivity index (χ0) is 31.1. The number of nitrogens with zero attached hydrogens (tertiary/aromatic N) is 2. The summed E-state index contributed by atoms with van der Waals surface area (Å²) in [5, 5.41) is 3.08. The topological polar surface area (TPSA) is 105 Å². The Morgan fingerprint density at radius 1 is 0.977 bits per heavy atom. The molecule has 0 saturated heterocycles. The molecule has 230 valence electrons. The molecule has 43 heavy (non-hydrogen) atoms. The fourth-order valence-electron chi connectivity index (χ4n) is 5.15. The minimum absolute atomic E-state index is 0.0336. The van der Waals surface area contributed by atoms with Gasteiger partial charge >= 0.3 is 0 Å². The van der Waals surface area contributed by atoms with Crippen LogP contribution in [-0.2, 0) is 26.2 Å². The largest absolute Gasteiger partial charge is 0.493 e. The first-order valence-corrected chi connectivity index (χ1v) is 16.4. The van der Waals surface area contributed by atoms with Crippen LogP contribution < -0.4 is 19.1 Å². The first kappa shape index (κ1) is 32.3. The molecule has 0 unspecified atom stereocenters. The monoisotopic (exact) mass is 671 g/mol. The number of benzene rings is 3. The highest BCUT2D eigenvalue weighted by molar-refractivity contribution is 9.10. The zero-order valence-electron chi connectivity index (χ0n) is 24.9. The van der Waals surface area contributed by atoms with Crippen LogP contribution in [0.25, 0.3) is 0 Å². The average Bonchev–Trinajstić information content (AvgIpc) is 3.51. The van der Waals surface area contributed by atoms with Crippen molar-refractivity contribution in [2.75, 3.05) is 25.1 Å². The summed E-state index contributed by atoms with van der Waals surface area (Å²) in [6.07, 6.45) is 3.91. The number of nitrogens with one attached hydrogen (secondary N) is 1. The molecule has 4 rings (SSSR count). The van der Waals surface area contributed by atoms with Gasteiger partial charge < -0.3 is 19.7 Å². The molecule has 1 aliphatic rings. The van der Waals surface area contributed by atoms with Crippen LogP contribution in [0, 0.1) is 6.92 Å². The molecule has 3 aromatic rings. The molecule has 0 heterocycles. The van der Waals surface area contributed by atoms with Crippen LogP contribution in [0.1, 0.15) is 43.7 Å². The second-order valence-corrected chi connectivity index (χ2v) is 13.5. The van der Waals surface area contributed by atoms with Crippen molar-refractivity contribution in [3.8, 4) is 11.5 Å². The van der Waals surface area contributed by atoms with Crippen molar-refractivity contribution < 1.29 is 27.5 Å². The minimum atomic E-state index is -4.21. The van der Waals surface area contributed by atoms with Gasteiger partial charge in [-0.25, -0.2) is 8.42 Å². The summed E-state index contributed by atoms with van der Waals surface area (Å²) in [6, 6.07) is 17.8. The Kier molecular flexibility index (Phi) is 10.7. The molecule has 3 aromatic carbocycles. The molecule has 1 fully saturated rings. The van der Waals surface area contributed by atoms with Crippen molar-refractivity contribution >= 4 is 43.5 Å². The van der Waals surface area contributed by atoms with E-state index in [0.29, 0.717) is 11.5 Å². The van der Waals surface area contributed by atoms with Crippen molar-refractivity contribution in [3.05, 3.63) is 82.3 Å². The van der Waals surface area contributed by atoms with Gasteiger partial charge in [0.25, 0.3) is 10.0 Å². The summed E-state index contributed by atoms with van der Waals surface area (Å²) in [5.41, 5.74) is 1.91. The molecule has 0 bridgehead atoms. The third-order valence-electron chi connectivity index (χ3n) is 7.65. The van der Waals surface area contributed by atoms with E-state index in [0.717, 1.165) is 45.6 Å². The second kappa shape index (κ2) is 14.3. The van der Waals surface area contributed by atoms with Crippen molar-refractivity contribution in [1.82, 2.24) is 10.2 Å². The summed E-state index contributed by atoms with van der Waals surface area (Å²) >= 11 is 3.47. The van der Waals surface area contributed by atoms with Gasteiger partial charge in [-0.2, -0.15) is 0 Å². The van der Waals surface area contributed by atoms with Crippen LogP contribution in [-0.4, -0.2) is 58.0 Å². The maximum atomic E-state index is 14.2.